The first kappa shape index (κ1) is 23.6. The lowest BCUT2D eigenvalue weighted by molar-refractivity contribution is -0.116. The molecule has 0 atom stereocenters. The third-order valence-electron chi connectivity index (χ3n) is 5.23. The van der Waals surface area contributed by atoms with Gasteiger partial charge < -0.3 is 4.74 Å². The van der Waals surface area contributed by atoms with Crippen LogP contribution in [-0.2, 0) is 11.3 Å². The maximum atomic E-state index is 13.4. The molecular formula is C24H25ClN4O2S2. The molecule has 0 aliphatic heterocycles. The number of fused-ring (bicyclic) bond motifs is 1. The molecule has 0 saturated carbocycles. The first-order valence-electron chi connectivity index (χ1n) is 10.5. The fourth-order valence-corrected chi connectivity index (χ4v) is 5.81. The summed E-state index contributed by atoms with van der Waals surface area (Å²) in [7, 11) is 1.64. The van der Waals surface area contributed by atoms with Crippen molar-refractivity contribution in [1.29, 1.82) is 0 Å². The monoisotopic (exact) mass is 500 g/mol. The number of hydrogen-bond acceptors (Lipinski definition) is 6. The molecule has 0 aliphatic rings. The second-order valence-corrected chi connectivity index (χ2v) is 10.2. The zero-order valence-corrected chi connectivity index (χ0v) is 21.4. The number of rotatable bonds is 8. The van der Waals surface area contributed by atoms with Gasteiger partial charge in [0.15, 0.2) is 5.13 Å². The molecule has 4 rings (SSSR count). The molecule has 2 aromatic heterocycles. The maximum absolute atomic E-state index is 13.4. The number of thioether (sulfide) groups is 1. The Labute approximate surface area is 206 Å². The van der Waals surface area contributed by atoms with Crippen LogP contribution in [0.3, 0.4) is 0 Å². The SMILES string of the molecule is COc1ccc(SCC(=O)N(CCn2nc(C)cc2C)c2nc3c(C)cc(Cl)cc3s2)cc1. The van der Waals surface area contributed by atoms with Gasteiger partial charge in [0.2, 0.25) is 5.91 Å². The third kappa shape index (κ3) is 5.51. The van der Waals surface area contributed by atoms with Gasteiger partial charge in [-0.1, -0.05) is 22.9 Å². The summed E-state index contributed by atoms with van der Waals surface area (Å²) in [5, 5.41) is 5.89. The minimum atomic E-state index is 0.000144. The second kappa shape index (κ2) is 10.2. The van der Waals surface area contributed by atoms with Crippen molar-refractivity contribution in [2.45, 2.75) is 32.2 Å². The number of hydrogen-bond donors (Lipinski definition) is 0. The minimum Gasteiger partial charge on any atom is -0.497 e. The van der Waals surface area contributed by atoms with E-state index in [4.69, 9.17) is 21.3 Å². The van der Waals surface area contributed by atoms with Gasteiger partial charge in [-0.2, -0.15) is 5.10 Å². The first-order chi connectivity index (χ1) is 15.8. The van der Waals surface area contributed by atoms with Crippen LogP contribution in [0.2, 0.25) is 5.02 Å². The molecule has 0 radical (unpaired) electrons. The number of carbonyl (C=O) groups is 1. The Morgan fingerprint density at radius 3 is 2.61 bits per heavy atom. The van der Waals surface area contributed by atoms with Gasteiger partial charge in [-0.05, 0) is 68.8 Å². The van der Waals surface area contributed by atoms with Crippen molar-refractivity contribution in [3.05, 3.63) is 64.4 Å². The smallest absolute Gasteiger partial charge is 0.239 e. The number of halogens is 1. The summed E-state index contributed by atoms with van der Waals surface area (Å²) in [6, 6.07) is 13.5. The Morgan fingerprint density at radius 2 is 1.94 bits per heavy atom. The molecule has 2 aromatic carbocycles. The van der Waals surface area contributed by atoms with Crippen LogP contribution in [0.25, 0.3) is 10.2 Å². The largest absolute Gasteiger partial charge is 0.497 e. The number of methoxy groups -OCH3 is 1. The molecule has 0 saturated heterocycles. The van der Waals surface area contributed by atoms with E-state index in [-0.39, 0.29) is 5.91 Å². The van der Waals surface area contributed by atoms with E-state index in [1.807, 2.05) is 67.9 Å². The van der Waals surface area contributed by atoms with Gasteiger partial charge in [0.25, 0.3) is 0 Å². The van der Waals surface area contributed by atoms with Crippen molar-refractivity contribution in [3.8, 4) is 5.75 Å². The van der Waals surface area contributed by atoms with Gasteiger partial charge in [0, 0.05) is 22.2 Å². The van der Waals surface area contributed by atoms with Crippen molar-refractivity contribution >= 4 is 56.0 Å². The lowest BCUT2D eigenvalue weighted by Crippen LogP contribution is -2.35. The Hall–Kier alpha value is -2.55. The van der Waals surface area contributed by atoms with E-state index in [1.54, 1.807) is 12.0 Å². The standard InChI is InChI=1S/C24H25ClN4O2S2/c1-15-11-18(25)13-21-23(15)26-24(33-21)28(9-10-29-17(3)12-16(2)27-29)22(30)14-32-20-7-5-19(31-4)6-8-20/h5-8,11-13H,9-10,14H2,1-4H3. The van der Waals surface area contributed by atoms with E-state index >= 15 is 0 Å². The van der Waals surface area contributed by atoms with Crippen molar-refractivity contribution in [1.82, 2.24) is 14.8 Å². The molecule has 0 unspecified atom stereocenters. The topological polar surface area (TPSA) is 60.2 Å². The van der Waals surface area contributed by atoms with Crippen LogP contribution >= 0.6 is 34.7 Å². The summed E-state index contributed by atoms with van der Waals surface area (Å²) in [6.07, 6.45) is 0. The molecular weight excluding hydrogens is 476 g/mol. The summed E-state index contributed by atoms with van der Waals surface area (Å²) < 4.78 is 8.12. The summed E-state index contributed by atoms with van der Waals surface area (Å²) in [5.41, 5.74) is 3.91. The lowest BCUT2D eigenvalue weighted by atomic mass is 10.2. The Balaban J connectivity index is 1.57. The zero-order chi connectivity index (χ0) is 23.5. The molecule has 172 valence electrons. The summed E-state index contributed by atoms with van der Waals surface area (Å²) >= 11 is 9.24. The predicted octanol–water partition coefficient (Wildman–Crippen LogP) is 5.91. The molecule has 9 heteroatoms. The Bertz CT molecular complexity index is 1280. The molecule has 0 bridgehead atoms. The molecule has 6 nitrogen and oxygen atoms in total. The lowest BCUT2D eigenvalue weighted by Gasteiger charge is -2.20. The van der Waals surface area contributed by atoms with Gasteiger partial charge in [0.1, 0.15) is 5.75 Å². The van der Waals surface area contributed by atoms with Crippen LogP contribution < -0.4 is 9.64 Å². The van der Waals surface area contributed by atoms with Crippen LogP contribution in [0, 0.1) is 20.8 Å². The highest BCUT2D eigenvalue weighted by Crippen LogP contribution is 2.33. The first-order valence-corrected chi connectivity index (χ1v) is 12.7. The molecule has 2 heterocycles. The number of anilines is 1. The van der Waals surface area contributed by atoms with Crippen molar-refractivity contribution in [2.75, 3.05) is 24.3 Å². The van der Waals surface area contributed by atoms with Crippen LogP contribution in [-0.4, -0.2) is 40.1 Å². The molecule has 0 aliphatic carbocycles. The summed E-state index contributed by atoms with van der Waals surface area (Å²) in [4.78, 5) is 21.0. The molecule has 1 amide bonds. The van der Waals surface area contributed by atoms with E-state index in [0.717, 1.165) is 37.8 Å². The second-order valence-electron chi connectivity index (χ2n) is 7.73. The number of benzene rings is 2. The fraction of sp³-hybridized carbons (Fsp3) is 0.292. The van der Waals surface area contributed by atoms with Gasteiger partial charge >= 0.3 is 0 Å². The van der Waals surface area contributed by atoms with Gasteiger partial charge in [-0.3, -0.25) is 14.4 Å². The normalized spacial score (nSPS) is 11.2. The van der Waals surface area contributed by atoms with Crippen LogP contribution in [0.1, 0.15) is 17.0 Å². The highest BCUT2D eigenvalue weighted by atomic mass is 35.5. The maximum Gasteiger partial charge on any atom is 0.239 e. The predicted molar refractivity (Wildman–Crippen MR) is 137 cm³/mol. The van der Waals surface area contributed by atoms with Gasteiger partial charge in [-0.25, -0.2) is 4.98 Å². The van der Waals surface area contributed by atoms with Gasteiger partial charge in [0.05, 0.1) is 35.3 Å². The van der Waals surface area contributed by atoms with Crippen molar-refractivity contribution < 1.29 is 9.53 Å². The van der Waals surface area contributed by atoms with E-state index in [9.17, 15) is 4.79 Å². The van der Waals surface area contributed by atoms with E-state index in [1.165, 1.54) is 23.1 Å². The number of ether oxygens (including phenoxy) is 1. The molecule has 33 heavy (non-hydrogen) atoms. The quantitative estimate of drug-likeness (QED) is 0.282. The molecule has 0 spiro atoms. The summed E-state index contributed by atoms with van der Waals surface area (Å²) in [5.74, 6) is 1.10. The average molecular weight is 501 g/mol. The van der Waals surface area contributed by atoms with E-state index in [2.05, 4.69) is 5.10 Å². The van der Waals surface area contributed by atoms with Crippen molar-refractivity contribution in [2.24, 2.45) is 0 Å². The van der Waals surface area contributed by atoms with E-state index in [0.29, 0.717) is 29.0 Å². The highest BCUT2D eigenvalue weighted by Gasteiger charge is 2.21. The number of carbonyl (C=O) groups excluding carboxylic acids is 1. The van der Waals surface area contributed by atoms with E-state index < -0.39 is 0 Å². The van der Waals surface area contributed by atoms with Crippen molar-refractivity contribution in [3.63, 3.8) is 0 Å². The minimum absolute atomic E-state index is 0.000144. The number of aryl methyl sites for hydroxylation is 3. The number of nitrogens with zero attached hydrogens (tertiary/aromatic N) is 4. The Morgan fingerprint density at radius 1 is 1.18 bits per heavy atom. The van der Waals surface area contributed by atoms with Gasteiger partial charge in [-0.15, -0.1) is 11.8 Å². The number of aromatic nitrogens is 3. The fourth-order valence-electron chi connectivity index (χ4n) is 3.58. The third-order valence-corrected chi connectivity index (χ3v) is 7.47. The van der Waals surface area contributed by atoms with Crippen LogP contribution in [0.4, 0.5) is 5.13 Å². The van der Waals surface area contributed by atoms with Crippen LogP contribution in [0.15, 0.2) is 47.4 Å². The summed E-state index contributed by atoms with van der Waals surface area (Å²) in [6.45, 7) is 7.05. The number of thiazole rings is 1. The van der Waals surface area contributed by atoms with Crippen LogP contribution in [0.5, 0.6) is 5.75 Å². The number of amides is 1. The molecule has 4 aromatic rings. The Kier molecular flexibility index (Phi) is 7.26. The molecule has 0 fully saturated rings. The zero-order valence-electron chi connectivity index (χ0n) is 19.0. The highest BCUT2D eigenvalue weighted by molar-refractivity contribution is 8.00. The average Bonchev–Trinajstić information content (AvgIpc) is 3.35. The molecule has 0 N–H and O–H groups in total.